The van der Waals surface area contributed by atoms with Gasteiger partial charge in [0.15, 0.2) is 23.2 Å². The highest BCUT2D eigenvalue weighted by Crippen LogP contribution is 2.36. The molecule has 7 heteroatoms. The van der Waals surface area contributed by atoms with Crippen LogP contribution in [0.3, 0.4) is 0 Å². The molecule has 6 nitrogen and oxygen atoms in total. The molecule has 0 unspecified atom stereocenters. The molecule has 0 saturated carbocycles. The average Bonchev–Trinajstić information content (AvgIpc) is 3.21. The minimum Gasteiger partial charge on any atom is -0.493 e. The first-order chi connectivity index (χ1) is 15.0. The molecule has 158 valence electrons. The van der Waals surface area contributed by atoms with Crippen molar-refractivity contribution in [3.63, 3.8) is 0 Å². The van der Waals surface area contributed by atoms with Crippen molar-refractivity contribution < 1.29 is 14.3 Å². The third-order valence-electron chi connectivity index (χ3n) is 4.36. The number of hydrogen-bond donors (Lipinski definition) is 1. The van der Waals surface area contributed by atoms with Crippen LogP contribution in [0, 0.1) is 11.3 Å². The lowest BCUT2D eigenvalue weighted by atomic mass is 10.1. The number of nitriles is 1. The van der Waals surface area contributed by atoms with Crippen LogP contribution in [0.2, 0.25) is 0 Å². The molecule has 0 aliphatic rings. The molecule has 0 aliphatic heterocycles. The highest BCUT2D eigenvalue weighted by Gasteiger charge is 2.16. The van der Waals surface area contributed by atoms with Crippen LogP contribution in [0.1, 0.15) is 30.2 Å². The van der Waals surface area contributed by atoms with E-state index in [0.717, 1.165) is 21.7 Å². The fourth-order valence-electron chi connectivity index (χ4n) is 2.92. The fourth-order valence-corrected chi connectivity index (χ4v) is 3.91. The van der Waals surface area contributed by atoms with Gasteiger partial charge in [-0.1, -0.05) is 50.2 Å². The van der Waals surface area contributed by atoms with E-state index in [2.05, 4.69) is 24.1 Å². The molecule has 0 aliphatic carbocycles. The number of amides is 1. The molecule has 1 heterocycles. The van der Waals surface area contributed by atoms with Crippen molar-refractivity contribution >= 4 is 28.5 Å². The maximum Gasteiger partial charge on any atom is 0.250 e. The molecule has 0 saturated heterocycles. The van der Waals surface area contributed by atoms with Crippen molar-refractivity contribution in [3.8, 4) is 28.8 Å². The van der Waals surface area contributed by atoms with Crippen LogP contribution in [0.4, 0.5) is 5.13 Å². The number of hydrogen-bond acceptors (Lipinski definition) is 6. The van der Waals surface area contributed by atoms with Gasteiger partial charge < -0.3 is 9.47 Å². The van der Waals surface area contributed by atoms with Gasteiger partial charge in [-0.15, -0.1) is 11.3 Å². The van der Waals surface area contributed by atoms with Crippen molar-refractivity contribution in [1.82, 2.24) is 4.98 Å². The van der Waals surface area contributed by atoms with E-state index >= 15 is 0 Å². The Morgan fingerprint density at radius 1 is 1.23 bits per heavy atom. The second kappa shape index (κ2) is 10.4. The topological polar surface area (TPSA) is 84.2 Å². The lowest BCUT2D eigenvalue weighted by Gasteiger charge is -2.08. The standard InChI is InChI=1S/C24H23N3O3S/c1-16(2)23-22(18-7-5-4-6-8-18)27-24(31-23)26-21(28)12-10-17-9-11-19(30-14-13-25)20(15-17)29-3/h4-12,15-16H,14H2,1-3H3,(H,26,27,28)/b12-10+. The maximum atomic E-state index is 12.5. The Bertz CT molecular complexity index is 1110. The van der Waals surface area contributed by atoms with Crippen LogP contribution in [0.25, 0.3) is 17.3 Å². The molecule has 31 heavy (non-hydrogen) atoms. The van der Waals surface area contributed by atoms with E-state index in [0.29, 0.717) is 22.5 Å². The Balaban J connectivity index is 1.74. The zero-order chi connectivity index (χ0) is 22.2. The first-order valence-corrected chi connectivity index (χ1v) is 10.6. The van der Waals surface area contributed by atoms with Crippen molar-refractivity contribution in [3.05, 3.63) is 65.0 Å². The first kappa shape index (κ1) is 22.1. The average molecular weight is 434 g/mol. The van der Waals surface area contributed by atoms with Crippen molar-refractivity contribution in [2.45, 2.75) is 19.8 Å². The third-order valence-corrected chi connectivity index (χ3v) is 5.63. The van der Waals surface area contributed by atoms with Crippen molar-refractivity contribution in [2.24, 2.45) is 0 Å². The Kier molecular flexibility index (Phi) is 7.41. The molecule has 0 radical (unpaired) electrons. The largest absolute Gasteiger partial charge is 0.493 e. The summed E-state index contributed by atoms with van der Waals surface area (Å²) >= 11 is 1.49. The fraction of sp³-hybridized carbons (Fsp3) is 0.208. The third kappa shape index (κ3) is 5.71. The van der Waals surface area contributed by atoms with E-state index < -0.39 is 0 Å². The van der Waals surface area contributed by atoms with Gasteiger partial charge in [0.1, 0.15) is 6.07 Å². The van der Waals surface area contributed by atoms with E-state index in [-0.39, 0.29) is 12.5 Å². The molecular formula is C24H23N3O3S. The molecular weight excluding hydrogens is 410 g/mol. The van der Waals surface area contributed by atoms with E-state index in [4.69, 9.17) is 14.7 Å². The van der Waals surface area contributed by atoms with Gasteiger partial charge in [0.05, 0.1) is 12.8 Å². The van der Waals surface area contributed by atoms with Gasteiger partial charge in [0, 0.05) is 16.5 Å². The Morgan fingerprint density at radius 2 is 2.00 bits per heavy atom. The normalized spacial score (nSPS) is 10.8. The Hall–Kier alpha value is -3.63. The Labute approximate surface area is 185 Å². The zero-order valence-corrected chi connectivity index (χ0v) is 18.4. The highest BCUT2D eigenvalue weighted by atomic mass is 32.1. The van der Waals surface area contributed by atoms with Crippen LogP contribution < -0.4 is 14.8 Å². The number of aromatic nitrogens is 1. The number of carbonyl (C=O) groups excluding carboxylic acids is 1. The number of methoxy groups -OCH3 is 1. The number of carbonyl (C=O) groups is 1. The molecule has 3 rings (SSSR count). The van der Waals surface area contributed by atoms with Crippen molar-refractivity contribution in [2.75, 3.05) is 19.0 Å². The van der Waals surface area contributed by atoms with Crippen molar-refractivity contribution in [1.29, 1.82) is 5.26 Å². The van der Waals surface area contributed by atoms with Gasteiger partial charge in [-0.25, -0.2) is 4.98 Å². The lowest BCUT2D eigenvalue weighted by molar-refractivity contribution is -0.111. The molecule has 0 fully saturated rings. The summed E-state index contributed by atoms with van der Waals surface area (Å²) < 4.78 is 10.6. The number of thiazole rings is 1. The lowest BCUT2D eigenvalue weighted by Crippen LogP contribution is -2.07. The molecule has 1 N–H and O–H groups in total. The summed E-state index contributed by atoms with van der Waals surface area (Å²) in [6.07, 6.45) is 3.13. The van der Waals surface area contributed by atoms with Crippen LogP contribution in [0.15, 0.2) is 54.6 Å². The second-order valence-corrected chi connectivity index (χ2v) is 7.96. The summed E-state index contributed by atoms with van der Waals surface area (Å²) in [5.41, 5.74) is 2.70. The predicted octanol–water partition coefficient (Wildman–Crippen LogP) is 5.50. The Morgan fingerprint density at radius 3 is 2.68 bits per heavy atom. The molecule has 0 atom stereocenters. The predicted molar refractivity (Wildman–Crippen MR) is 123 cm³/mol. The van der Waals surface area contributed by atoms with Gasteiger partial charge in [0.25, 0.3) is 0 Å². The molecule has 2 aromatic carbocycles. The minimum atomic E-state index is -0.271. The summed E-state index contributed by atoms with van der Waals surface area (Å²) in [7, 11) is 1.52. The number of ether oxygens (including phenoxy) is 2. The number of benzene rings is 2. The quantitative estimate of drug-likeness (QED) is 0.475. The maximum absolute atomic E-state index is 12.5. The second-order valence-electron chi connectivity index (χ2n) is 6.93. The number of anilines is 1. The molecule has 0 bridgehead atoms. The van der Waals surface area contributed by atoms with Crippen LogP contribution in [-0.4, -0.2) is 24.6 Å². The van der Waals surface area contributed by atoms with E-state index in [1.807, 2.05) is 36.4 Å². The van der Waals surface area contributed by atoms with Gasteiger partial charge in [-0.3, -0.25) is 10.1 Å². The number of nitrogens with zero attached hydrogens (tertiary/aromatic N) is 2. The van der Waals surface area contributed by atoms with E-state index in [9.17, 15) is 4.79 Å². The molecule has 1 amide bonds. The van der Waals surface area contributed by atoms with E-state index in [1.165, 1.54) is 24.5 Å². The first-order valence-electron chi connectivity index (χ1n) is 9.74. The summed E-state index contributed by atoms with van der Waals surface area (Å²) in [6.45, 7) is 4.16. The SMILES string of the molecule is COc1cc(/C=C/C(=O)Nc2nc(-c3ccccc3)c(C(C)C)s2)ccc1OCC#N. The summed E-state index contributed by atoms with van der Waals surface area (Å²) in [6, 6.07) is 17.1. The number of nitrogens with one attached hydrogen (secondary N) is 1. The van der Waals surface area contributed by atoms with Gasteiger partial charge in [-0.05, 0) is 29.7 Å². The van der Waals surface area contributed by atoms with Crippen LogP contribution in [0.5, 0.6) is 11.5 Å². The van der Waals surface area contributed by atoms with Gasteiger partial charge in [0.2, 0.25) is 5.91 Å². The molecule has 3 aromatic rings. The smallest absolute Gasteiger partial charge is 0.250 e. The minimum absolute atomic E-state index is 0.0644. The number of rotatable bonds is 8. The monoisotopic (exact) mass is 433 g/mol. The van der Waals surface area contributed by atoms with Gasteiger partial charge in [-0.2, -0.15) is 5.26 Å². The zero-order valence-electron chi connectivity index (χ0n) is 17.6. The summed E-state index contributed by atoms with van der Waals surface area (Å²) in [5, 5.41) is 12.1. The molecule has 0 spiro atoms. The summed E-state index contributed by atoms with van der Waals surface area (Å²) in [4.78, 5) is 18.2. The van der Waals surface area contributed by atoms with Gasteiger partial charge >= 0.3 is 0 Å². The summed E-state index contributed by atoms with van der Waals surface area (Å²) in [5.74, 6) is 0.991. The molecule has 1 aromatic heterocycles. The van der Waals surface area contributed by atoms with Crippen LogP contribution in [-0.2, 0) is 4.79 Å². The van der Waals surface area contributed by atoms with E-state index in [1.54, 1.807) is 24.3 Å². The highest BCUT2D eigenvalue weighted by molar-refractivity contribution is 7.16. The van der Waals surface area contributed by atoms with Crippen LogP contribution >= 0.6 is 11.3 Å².